The third-order valence-electron chi connectivity index (χ3n) is 5.58. The predicted octanol–water partition coefficient (Wildman–Crippen LogP) is 3.88. The van der Waals surface area contributed by atoms with E-state index < -0.39 is 15.9 Å². The fourth-order valence-corrected chi connectivity index (χ4v) is 5.67. The van der Waals surface area contributed by atoms with Gasteiger partial charge in [-0.25, -0.2) is 13.4 Å². The van der Waals surface area contributed by atoms with Crippen molar-refractivity contribution in [3.05, 3.63) is 59.5 Å². The number of imidazole rings is 1. The molecule has 0 bridgehead atoms. The van der Waals surface area contributed by atoms with Crippen molar-refractivity contribution in [1.82, 2.24) is 13.7 Å². The first-order valence-electron chi connectivity index (χ1n) is 10.7. The summed E-state index contributed by atoms with van der Waals surface area (Å²) >= 11 is 6.23. The SMILES string of the molecule is CN(C)c1ccc(S(=O)(=O)N2CCCCC2)cc1NC(=O)/C=C/c1c(Cl)nc2ccccn12. The molecule has 4 rings (SSSR count). The van der Waals surface area contributed by atoms with E-state index in [4.69, 9.17) is 11.6 Å². The van der Waals surface area contributed by atoms with Gasteiger partial charge in [0.1, 0.15) is 5.65 Å². The molecule has 8 nitrogen and oxygen atoms in total. The minimum atomic E-state index is -3.62. The zero-order chi connectivity index (χ0) is 23.6. The molecule has 174 valence electrons. The lowest BCUT2D eigenvalue weighted by Gasteiger charge is -2.26. The standard InChI is InChI=1S/C23H26ClN5O3S/c1-27(2)19-10-9-17(33(31,32)28-13-5-3-6-14-28)16-18(19)25-22(30)12-11-20-23(24)26-21-8-4-7-15-29(20)21/h4,7-12,15-16H,3,5-6,13-14H2,1-2H3,(H,25,30)/b12-11+. The van der Waals surface area contributed by atoms with Crippen molar-refractivity contribution >= 4 is 50.6 Å². The van der Waals surface area contributed by atoms with E-state index in [2.05, 4.69) is 10.3 Å². The summed E-state index contributed by atoms with van der Waals surface area (Å²) in [5, 5.41) is 3.10. The highest BCUT2D eigenvalue weighted by molar-refractivity contribution is 7.89. The van der Waals surface area contributed by atoms with E-state index in [0.29, 0.717) is 35.8 Å². The smallest absolute Gasteiger partial charge is 0.248 e. The van der Waals surface area contributed by atoms with Gasteiger partial charge < -0.3 is 10.2 Å². The van der Waals surface area contributed by atoms with Gasteiger partial charge in [0.05, 0.1) is 22.0 Å². The monoisotopic (exact) mass is 487 g/mol. The largest absolute Gasteiger partial charge is 0.376 e. The molecule has 0 atom stereocenters. The van der Waals surface area contributed by atoms with Gasteiger partial charge in [-0.1, -0.05) is 24.1 Å². The molecule has 1 aliphatic heterocycles. The molecule has 1 amide bonds. The van der Waals surface area contributed by atoms with Crippen molar-refractivity contribution in [2.24, 2.45) is 0 Å². The second kappa shape index (κ2) is 9.54. The van der Waals surface area contributed by atoms with Crippen molar-refractivity contribution in [3.8, 4) is 0 Å². The molecular formula is C23H26ClN5O3S. The quantitative estimate of drug-likeness (QED) is 0.533. The number of aromatic nitrogens is 2. The molecule has 1 fully saturated rings. The molecule has 1 aliphatic rings. The van der Waals surface area contributed by atoms with Crippen LogP contribution < -0.4 is 10.2 Å². The number of anilines is 2. The van der Waals surface area contributed by atoms with Gasteiger partial charge in [0, 0.05) is 39.5 Å². The highest BCUT2D eigenvalue weighted by Crippen LogP contribution is 2.30. The topological polar surface area (TPSA) is 87.0 Å². The number of nitrogens with zero attached hydrogens (tertiary/aromatic N) is 4. The second-order valence-corrected chi connectivity index (χ2v) is 10.4. The lowest BCUT2D eigenvalue weighted by molar-refractivity contribution is -0.111. The van der Waals surface area contributed by atoms with Gasteiger partial charge in [-0.05, 0) is 49.2 Å². The van der Waals surface area contributed by atoms with E-state index in [-0.39, 0.29) is 10.0 Å². The van der Waals surface area contributed by atoms with Gasteiger partial charge in [-0.3, -0.25) is 9.20 Å². The maximum Gasteiger partial charge on any atom is 0.248 e. The highest BCUT2D eigenvalue weighted by atomic mass is 35.5. The third kappa shape index (κ3) is 4.90. The zero-order valence-electron chi connectivity index (χ0n) is 18.5. The van der Waals surface area contributed by atoms with Crippen LogP contribution in [-0.2, 0) is 14.8 Å². The number of hydrogen-bond acceptors (Lipinski definition) is 5. The first-order valence-corrected chi connectivity index (χ1v) is 12.5. The number of sulfonamides is 1. The Morgan fingerprint density at radius 3 is 2.64 bits per heavy atom. The van der Waals surface area contributed by atoms with Crippen molar-refractivity contribution in [2.45, 2.75) is 24.2 Å². The van der Waals surface area contributed by atoms with Crippen LogP contribution in [0.4, 0.5) is 11.4 Å². The normalized spacial score (nSPS) is 15.2. The van der Waals surface area contributed by atoms with E-state index in [1.54, 1.807) is 22.6 Å². The highest BCUT2D eigenvalue weighted by Gasteiger charge is 2.27. The molecule has 2 aromatic heterocycles. The summed E-state index contributed by atoms with van der Waals surface area (Å²) in [5.74, 6) is -0.410. The van der Waals surface area contributed by atoms with Gasteiger partial charge in [0.15, 0.2) is 5.15 Å². The predicted molar refractivity (Wildman–Crippen MR) is 131 cm³/mol. The van der Waals surface area contributed by atoms with E-state index >= 15 is 0 Å². The summed E-state index contributed by atoms with van der Waals surface area (Å²) < 4.78 is 29.5. The van der Waals surface area contributed by atoms with Crippen molar-refractivity contribution < 1.29 is 13.2 Å². The lowest BCUT2D eigenvalue weighted by Crippen LogP contribution is -2.35. The fraction of sp³-hybridized carbons (Fsp3) is 0.304. The van der Waals surface area contributed by atoms with Crippen LogP contribution >= 0.6 is 11.6 Å². The molecule has 0 unspecified atom stereocenters. The molecule has 1 N–H and O–H groups in total. The van der Waals surface area contributed by atoms with Crippen LogP contribution in [-0.4, -0.2) is 55.2 Å². The van der Waals surface area contributed by atoms with Gasteiger partial charge in [-0.15, -0.1) is 0 Å². The number of amides is 1. The summed E-state index contributed by atoms with van der Waals surface area (Å²) in [6, 6.07) is 10.3. The Bertz CT molecular complexity index is 1310. The van der Waals surface area contributed by atoms with Gasteiger partial charge in [0.2, 0.25) is 15.9 Å². The molecule has 3 heterocycles. The van der Waals surface area contributed by atoms with Gasteiger partial charge in [-0.2, -0.15) is 4.31 Å². The number of piperidine rings is 1. The summed E-state index contributed by atoms with van der Waals surface area (Å²) in [6.45, 7) is 1.03. The zero-order valence-corrected chi connectivity index (χ0v) is 20.1. The van der Waals surface area contributed by atoms with Crippen molar-refractivity contribution in [3.63, 3.8) is 0 Å². The summed E-state index contributed by atoms with van der Waals surface area (Å²) in [6.07, 6.45) is 7.50. The van der Waals surface area contributed by atoms with Gasteiger partial charge in [0.25, 0.3) is 0 Å². The molecule has 0 spiro atoms. The number of rotatable bonds is 6. The summed E-state index contributed by atoms with van der Waals surface area (Å²) in [7, 11) is 0.0383. The molecular weight excluding hydrogens is 462 g/mol. The van der Waals surface area contributed by atoms with Gasteiger partial charge >= 0.3 is 0 Å². The average Bonchev–Trinajstić information content (AvgIpc) is 3.13. The Labute approximate surface area is 198 Å². The number of fused-ring (bicyclic) bond motifs is 1. The number of hydrogen-bond donors (Lipinski definition) is 1. The molecule has 0 radical (unpaired) electrons. The maximum atomic E-state index is 13.1. The van der Waals surface area contributed by atoms with Crippen LogP contribution in [0.2, 0.25) is 5.15 Å². The molecule has 0 aliphatic carbocycles. The van der Waals surface area contributed by atoms with Crippen LogP contribution in [0, 0.1) is 0 Å². The first-order chi connectivity index (χ1) is 15.8. The number of benzene rings is 1. The Morgan fingerprint density at radius 2 is 1.91 bits per heavy atom. The van der Waals surface area contributed by atoms with E-state index in [0.717, 1.165) is 19.3 Å². The van der Waals surface area contributed by atoms with E-state index in [9.17, 15) is 13.2 Å². The third-order valence-corrected chi connectivity index (χ3v) is 7.75. The Kier molecular flexibility index (Phi) is 6.73. The van der Waals surface area contributed by atoms with Crippen LogP contribution in [0.3, 0.4) is 0 Å². The van der Waals surface area contributed by atoms with Crippen LogP contribution in [0.5, 0.6) is 0 Å². The van der Waals surface area contributed by atoms with Crippen LogP contribution in [0.1, 0.15) is 25.0 Å². The van der Waals surface area contributed by atoms with Crippen LogP contribution in [0.25, 0.3) is 11.7 Å². The molecule has 0 saturated carbocycles. The lowest BCUT2D eigenvalue weighted by atomic mass is 10.2. The van der Waals surface area contributed by atoms with Crippen molar-refractivity contribution in [2.75, 3.05) is 37.4 Å². The number of carbonyl (C=O) groups excluding carboxylic acids is 1. The molecule has 3 aromatic rings. The number of halogens is 1. The van der Waals surface area contributed by atoms with E-state index in [1.165, 1.54) is 16.4 Å². The maximum absolute atomic E-state index is 13.1. The van der Waals surface area contributed by atoms with Crippen molar-refractivity contribution in [1.29, 1.82) is 0 Å². The molecule has 33 heavy (non-hydrogen) atoms. The summed E-state index contributed by atoms with van der Waals surface area (Å²) in [4.78, 5) is 19.0. The molecule has 1 saturated heterocycles. The fourth-order valence-electron chi connectivity index (χ4n) is 3.88. The average molecular weight is 488 g/mol. The minimum Gasteiger partial charge on any atom is -0.376 e. The minimum absolute atomic E-state index is 0.166. The number of nitrogens with one attached hydrogen (secondary N) is 1. The first kappa shape index (κ1) is 23.3. The summed E-state index contributed by atoms with van der Waals surface area (Å²) in [5.41, 5.74) is 2.36. The number of pyridine rings is 1. The van der Waals surface area contributed by atoms with E-state index in [1.807, 2.05) is 43.4 Å². The Morgan fingerprint density at radius 1 is 1.15 bits per heavy atom. The van der Waals surface area contributed by atoms with Crippen LogP contribution in [0.15, 0.2) is 53.6 Å². The molecule has 10 heteroatoms. The Balaban J connectivity index is 1.60. The Hall–Kier alpha value is -2.88. The number of carbonyl (C=O) groups is 1. The molecule has 1 aromatic carbocycles. The second-order valence-electron chi connectivity index (χ2n) is 8.08.